The van der Waals surface area contributed by atoms with Gasteiger partial charge in [-0.05, 0) is 31.5 Å². The average Bonchev–Trinajstić information content (AvgIpc) is 3.39. The standard InChI is InChI=1S/C26H27N5O5/c1-16-17(2)31-22-23(27-25(31)30(16)19-12-8-9-13-20(19)35-4)28(3)26(34)29(24(22)33)14-21(32)36-15-18-10-6-5-7-11-18/h5-13,22-23H,14-15H2,1-4H3. The highest BCUT2D eigenvalue weighted by Crippen LogP contribution is 2.42. The molecule has 0 aromatic heterocycles. The predicted octanol–water partition coefficient (Wildman–Crippen LogP) is 2.77. The molecule has 3 heterocycles. The molecule has 2 aromatic rings. The summed E-state index contributed by atoms with van der Waals surface area (Å²) in [6.45, 7) is 3.44. The monoisotopic (exact) mass is 489 g/mol. The molecule has 1 fully saturated rings. The second kappa shape index (κ2) is 9.03. The number of fused-ring (bicyclic) bond motifs is 3. The minimum atomic E-state index is -0.792. The number of hydrogen-bond donors (Lipinski definition) is 0. The lowest BCUT2D eigenvalue weighted by atomic mass is 10.1. The summed E-state index contributed by atoms with van der Waals surface area (Å²) in [6, 6.07) is 15.4. The van der Waals surface area contributed by atoms with Gasteiger partial charge in [0.15, 0.2) is 12.2 Å². The third kappa shape index (κ3) is 3.65. The van der Waals surface area contributed by atoms with Gasteiger partial charge in [0.1, 0.15) is 18.9 Å². The van der Waals surface area contributed by atoms with Crippen LogP contribution in [-0.2, 0) is 20.9 Å². The van der Waals surface area contributed by atoms with Crippen LogP contribution in [0.1, 0.15) is 19.4 Å². The Kier molecular flexibility index (Phi) is 5.87. The van der Waals surface area contributed by atoms with Crippen molar-refractivity contribution in [1.82, 2.24) is 14.7 Å². The van der Waals surface area contributed by atoms with Gasteiger partial charge in [-0.2, -0.15) is 0 Å². The van der Waals surface area contributed by atoms with Crippen LogP contribution in [0.4, 0.5) is 10.5 Å². The molecule has 0 spiro atoms. The van der Waals surface area contributed by atoms with Crippen LogP contribution in [0.5, 0.6) is 5.75 Å². The normalized spacial score (nSPS) is 21.1. The highest BCUT2D eigenvalue weighted by molar-refractivity contribution is 6.11. The number of carbonyl (C=O) groups excluding carboxylic acids is 3. The Hall–Kier alpha value is -4.34. The Bertz CT molecular complexity index is 1290. The summed E-state index contributed by atoms with van der Waals surface area (Å²) in [6.07, 6.45) is -0.725. The SMILES string of the molecule is COc1ccccc1N1C2=NC3C(C(=O)N(CC(=O)OCc4ccccc4)C(=O)N3C)N2C(C)=C1C. The number of allylic oxidation sites excluding steroid dienone is 2. The maximum absolute atomic E-state index is 13.6. The second-order valence-corrected chi connectivity index (χ2v) is 8.80. The molecular weight excluding hydrogens is 462 g/mol. The van der Waals surface area contributed by atoms with E-state index in [4.69, 9.17) is 14.5 Å². The van der Waals surface area contributed by atoms with E-state index >= 15 is 0 Å². The number of para-hydroxylation sites is 2. The summed E-state index contributed by atoms with van der Waals surface area (Å²) < 4.78 is 10.9. The first-order valence-corrected chi connectivity index (χ1v) is 11.6. The van der Waals surface area contributed by atoms with E-state index in [0.717, 1.165) is 27.5 Å². The van der Waals surface area contributed by atoms with Crippen LogP contribution in [0.25, 0.3) is 0 Å². The molecule has 2 unspecified atom stereocenters. The van der Waals surface area contributed by atoms with Crippen LogP contribution in [0.2, 0.25) is 0 Å². The Morgan fingerprint density at radius 2 is 1.69 bits per heavy atom. The summed E-state index contributed by atoms with van der Waals surface area (Å²) in [5.74, 6) is 0.0354. The van der Waals surface area contributed by atoms with E-state index < -0.39 is 36.7 Å². The third-order valence-corrected chi connectivity index (χ3v) is 6.75. The van der Waals surface area contributed by atoms with Crippen LogP contribution >= 0.6 is 0 Å². The Balaban J connectivity index is 1.40. The number of esters is 1. The van der Waals surface area contributed by atoms with Gasteiger partial charge in [-0.25, -0.2) is 9.79 Å². The molecule has 0 N–H and O–H groups in total. The summed E-state index contributed by atoms with van der Waals surface area (Å²) in [5, 5.41) is 0. The first-order chi connectivity index (χ1) is 17.3. The number of anilines is 1. The molecule has 3 aliphatic rings. The first-order valence-electron chi connectivity index (χ1n) is 11.6. The van der Waals surface area contributed by atoms with Gasteiger partial charge >= 0.3 is 12.0 Å². The lowest BCUT2D eigenvalue weighted by Crippen LogP contribution is -2.65. The largest absolute Gasteiger partial charge is 0.495 e. The smallest absolute Gasteiger partial charge is 0.328 e. The molecule has 1 saturated heterocycles. The Morgan fingerprint density at radius 3 is 2.42 bits per heavy atom. The van der Waals surface area contributed by atoms with Crippen LogP contribution < -0.4 is 9.64 Å². The van der Waals surface area contributed by atoms with Gasteiger partial charge in [-0.1, -0.05) is 42.5 Å². The number of aliphatic imine (C=N–C) groups is 1. The molecule has 3 amide bonds. The van der Waals surface area contributed by atoms with E-state index in [1.807, 2.05) is 78.2 Å². The van der Waals surface area contributed by atoms with Gasteiger partial charge in [0.25, 0.3) is 5.91 Å². The number of urea groups is 1. The highest BCUT2D eigenvalue weighted by Gasteiger charge is 2.56. The second-order valence-electron chi connectivity index (χ2n) is 8.80. The number of carbonyl (C=O) groups is 3. The quantitative estimate of drug-likeness (QED) is 0.576. The van der Waals surface area contributed by atoms with E-state index in [2.05, 4.69) is 0 Å². The number of methoxy groups -OCH3 is 1. The number of nitrogens with zero attached hydrogens (tertiary/aromatic N) is 5. The summed E-state index contributed by atoms with van der Waals surface area (Å²) >= 11 is 0. The van der Waals surface area contributed by atoms with Gasteiger partial charge < -0.3 is 14.4 Å². The molecule has 10 nitrogen and oxygen atoms in total. The van der Waals surface area contributed by atoms with Gasteiger partial charge in [0, 0.05) is 18.4 Å². The van der Waals surface area contributed by atoms with Crippen molar-refractivity contribution in [2.45, 2.75) is 32.7 Å². The van der Waals surface area contributed by atoms with E-state index in [0.29, 0.717) is 11.7 Å². The molecule has 36 heavy (non-hydrogen) atoms. The molecule has 0 aliphatic carbocycles. The highest BCUT2D eigenvalue weighted by atomic mass is 16.5. The molecule has 186 valence electrons. The molecule has 10 heteroatoms. The van der Waals surface area contributed by atoms with Crippen LogP contribution in [0.15, 0.2) is 71.0 Å². The topological polar surface area (TPSA) is 95.0 Å². The van der Waals surface area contributed by atoms with Crippen molar-refractivity contribution in [1.29, 1.82) is 0 Å². The number of amides is 3. The zero-order valence-corrected chi connectivity index (χ0v) is 20.5. The fourth-order valence-corrected chi connectivity index (χ4v) is 4.77. The van der Waals surface area contributed by atoms with Gasteiger partial charge in [0.05, 0.1) is 12.8 Å². The van der Waals surface area contributed by atoms with Crippen molar-refractivity contribution in [3.63, 3.8) is 0 Å². The van der Waals surface area contributed by atoms with Gasteiger partial charge in [0.2, 0.25) is 5.96 Å². The third-order valence-electron chi connectivity index (χ3n) is 6.75. The summed E-state index contributed by atoms with van der Waals surface area (Å²) in [7, 11) is 3.18. The number of rotatable bonds is 6. The minimum Gasteiger partial charge on any atom is -0.495 e. The van der Waals surface area contributed by atoms with Gasteiger partial charge in [-0.3, -0.25) is 24.3 Å². The van der Waals surface area contributed by atoms with E-state index in [9.17, 15) is 14.4 Å². The van der Waals surface area contributed by atoms with Crippen LogP contribution in [-0.4, -0.2) is 71.5 Å². The molecule has 0 bridgehead atoms. The molecule has 2 aromatic carbocycles. The summed E-state index contributed by atoms with van der Waals surface area (Å²) in [4.78, 5) is 50.2. The van der Waals surface area contributed by atoms with Crippen molar-refractivity contribution in [3.05, 3.63) is 71.6 Å². The van der Waals surface area contributed by atoms with E-state index in [-0.39, 0.29) is 6.61 Å². The maximum Gasteiger partial charge on any atom is 0.328 e. The lowest BCUT2D eigenvalue weighted by molar-refractivity contribution is -0.151. The fraction of sp³-hybridized carbons (Fsp3) is 0.308. The minimum absolute atomic E-state index is 0.0616. The Labute approximate surface area is 209 Å². The number of likely N-dealkylation sites (N-methyl/N-ethyl adjacent to an activating group) is 1. The van der Waals surface area contributed by atoms with Gasteiger partial charge in [-0.15, -0.1) is 0 Å². The molecule has 2 atom stereocenters. The maximum atomic E-state index is 13.6. The number of ether oxygens (including phenoxy) is 2. The van der Waals surface area contributed by atoms with Crippen molar-refractivity contribution >= 4 is 29.6 Å². The average molecular weight is 490 g/mol. The fourth-order valence-electron chi connectivity index (χ4n) is 4.77. The molecule has 0 saturated carbocycles. The number of hydrogen-bond acceptors (Lipinski definition) is 8. The Morgan fingerprint density at radius 1 is 1.00 bits per heavy atom. The molecule has 0 radical (unpaired) electrons. The number of imide groups is 1. The zero-order valence-electron chi connectivity index (χ0n) is 20.5. The first kappa shape index (κ1) is 23.4. The lowest BCUT2D eigenvalue weighted by Gasteiger charge is -2.40. The summed E-state index contributed by atoms with van der Waals surface area (Å²) in [5.41, 5.74) is 3.31. The van der Waals surface area contributed by atoms with Crippen molar-refractivity contribution in [2.24, 2.45) is 4.99 Å². The zero-order chi connectivity index (χ0) is 25.6. The van der Waals surface area contributed by atoms with Crippen molar-refractivity contribution in [3.8, 4) is 5.75 Å². The van der Waals surface area contributed by atoms with Crippen molar-refractivity contribution in [2.75, 3.05) is 25.6 Å². The van der Waals surface area contributed by atoms with Crippen molar-refractivity contribution < 1.29 is 23.9 Å². The molecular formula is C26H27N5O5. The van der Waals surface area contributed by atoms with Crippen LogP contribution in [0.3, 0.4) is 0 Å². The number of guanidine groups is 1. The number of benzene rings is 2. The predicted molar refractivity (Wildman–Crippen MR) is 132 cm³/mol. The van der Waals surface area contributed by atoms with Crippen LogP contribution in [0, 0.1) is 0 Å². The molecule has 5 rings (SSSR count). The van der Waals surface area contributed by atoms with E-state index in [1.54, 1.807) is 14.2 Å². The molecule has 3 aliphatic heterocycles. The van der Waals surface area contributed by atoms with E-state index in [1.165, 1.54) is 4.90 Å².